The Morgan fingerprint density at radius 1 is 1.25 bits per heavy atom. The fourth-order valence-electron chi connectivity index (χ4n) is 2.56. The molecule has 2 fully saturated rings. The molecule has 2 aliphatic rings. The Balaban J connectivity index is 1.62. The molecule has 0 radical (unpaired) electrons. The van der Waals surface area contributed by atoms with E-state index in [0.717, 1.165) is 13.0 Å². The third-order valence-corrected chi connectivity index (χ3v) is 3.40. The summed E-state index contributed by atoms with van der Waals surface area (Å²) in [4.78, 5) is 5.85. The minimum absolute atomic E-state index is 0.283. The summed E-state index contributed by atoms with van der Waals surface area (Å²) in [5.74, 6) is 0. The van der Waals surface area contributed by atoms with Crippen LogP contribution < -0.4 is 0 Å². The molecule has 2 atom stereocenters. The zero-order chi connectivity index (χ0) is 10.8. The van der Waals surface area contributed by atoms with E-state index in [1.807, 2.05) is 6.07 Å². The lowest BCUT2D eigenvalue weighted by atomic mass is 10.1. The van der Waals surface area contributed by atoms with Gasteiger partial charge < -0.3 is 0 Å². The monoisotopic (exact) mass is 215 g/mol. The predicted octanol–water partition coefficient (Wildman–Crippen LogP) is 2.87. The maximum absolute atomic E-state index is 5.85. The fourth-order valence-corrected chi connectivity index (χ4v) is 2.56. The van der Waals surface area contributed by atoms with Crippen LogP contribution >= 0.6 is 0 Å². The first-order valence-electron chi connectivity index (χ1n) is 6.08. The van der Waals surface area contributed by atoms with Crippen LogP contribution in [-0.2, 0) is 4.84 Å². The molecule has 0 bridgehead atoms. The van der Waals surface area contributed by atoms with E-state index in [-0.39, 0.29) is 6.10 Å². The van der Waals surface area contributed by atoms with Crippen molar-refractivity contribution in [1.29, 1.82) is 0 Å². The Morgan fingerprint density at radius 2 is 2.12 bits per heavy atom. The average Bonchev–Trinajstić information content (AvgIpc) is 2.88. The Labute approximate surface area is 96.5 Å². The first kappa shape index (κ1) is 10.1. The van der Waals surface area contributed by atoms with E-state index in [1.54, 1.807) is 0 Å². The maximum atomic E-state index is 5.85. The largest absolute Gasteiger partial charge is 0.291 e. The second-order valence-electron chi connectivity index (χ2n) is 4.59. The van der Waals surface area contributed by atoms with Crippen molar-refractivity contribution >= 4 is 6.08 Å². The lowest BCUT2D eigenvalue weighted by Crippen LogP contribution is -2.20. The van der Waals surface area contributed by atoms with Gasteiger partial charge in [0, 0.05) is 12.6 Å². The second-order valence-corrected chi connectivity index (χ2v) is 4.59. The molecule has 0 aromatic heterocycles. The minimum Gasteiger partial charge on any atom is -0.291 e. The minimum atomic E-state index is 0.283. The van der Waals surface area contributed by atoms with E-state index < -0.39 is 0 Å². The molecule has 2 saturated heterocycles. The topological polar surface area (TPSA) is 12.5 Å². The summed E-state index contributed by atoms with van der Waals surface area (Å²) < 4.78 is 0. The van der Waals surface area contributed by atoms with Gasteiger partial charge in [-0.15, -0.1) is 0 Å². The van der Waals surface area contributed by atoms with Crippen LogP contribution in [0.1, 0.15) is 24.8 Å². The van der Waals surface area contributed by atoms with E-state index >= 15 is 0 Å². The summed E-state index contributed by atoms with van der Waals surface area (Å²) in [5.41, 5.74) is 1.25. The van der Waals surface area contributed by atoms with Crippen molar-refractivity contribution in [2.24, 2.45) is 0 Å². The van der Waals surface area contributed by atoms with Crippen LogP contribution in [0.25, 0.3) is 6.08 Å². The van der Waals surface area contributed by atoms with Crippen molar-refractivity contribution in [2.75, 3.05) is 6.54 Å². The first-order valence-corrected chi connectivity index (χ1v) is 6.08. The summed E-state index contributed by atoms with van der Waals surface area (Å²) >= 11 is 0. The van der Waals surface area contributed by atoms with Crippen LogP contribution in [0.2, 0.25) is 0 Å². The molecule has 0 amide bonds. The maximum Gasteiger partial charge on any atom is 0.0993 e. The van der Waals surface area contributed by atoms with Crippen molar-refractivity contribution in [2.45, 2.75) is 31.4 Å². The number of benzene rings is 1. The van der Waals surface area contributed by atoms with Crippen LogP contribution in [0.3, 0.4) is 0 Å². The van der Waals surface area contributed by atoms with Gasteiger partial charge in [0.25, 0.3) is 0 Å². The molecular formula is C14H17NO. The molecule has 1 aromatic rings. The van der Waals surface area contributed by atoms with Crippen LogP contribution in [0.15, 0.2) is 36.4 Å². The van der Waals surface area contributed by atoms with Crippen LogP contribution in [-0.4, -0.2) is 23.8 Å². The number of hydroxylamine groups is 2. The van der Waals surface area contributed by atoms with Gasteiger partial charge in [-0.25, -0.2) is 0 Å². The van der Waals surface area contributed by atoms with Crippen LogP contribution in [0.4, 0.5) is 0 Å². The van der Waals surface area contributed by atoms with E-state index in [1.165, 1.54) is 18.4 Å². The van der Waals surface area contributed by atoms with Crippen molar-refractivity contribution in [3.05, 3.63) is 42.0 Å². The number of hydrogen-bond acceptors (Lipinski definition) is 2. The molecule has 0 spiro atoms. The van der Waals surface area contributed by atoms with Gasteiger partial charge in [-0.1, -0.05) is 42.5 Å². The first-order chi connectivity index (χ1) is 7.92. The highest BCUT2D eigenvalue weighted by atomic mass is 16.7. The Hall–Kier alpha value is -1.12. The molecule has 2 heterocycles. The molecule has 0 aliphatic carbocycles. The highest BCUT2D eigenvalue weighted by molar-refractivity contribution is 5.49. The van der Waals surface area contributed by atoms with Gasteiger partial charge in [0.15, 0.2) is 0 Å². The molecule has 0 saturated carbocycles. The van der Waals surface area contributed by atoms with Crippen molar-refractivity contribution in [3.63, 3.8) is 0 Å². The lowest BCUT2D eigenvalue weighted by molar-refractivity contribution is -0.134. The molecule has 16 heavy (non-hydrogen) atoms. The molecule has 3 rings (SSSR count). The highest BCUT2D eigenvalue weighted by Gasteiger charge is 2.35. The summed E-state index contributed by atoms with van der Waals surface area (Å²) in [7, 11) is 0. The van der Waals surface area contributed by atoms with Gasteiger partial charge >= 0.3 is 0 Å². The zero-order valence-electron chi connectivity index (χ0n) is 9.38. The van der Waals surface area contributed by atoms with E-state index in [4.69, 9.17) is 4.84 Å². The third-order valence-electron chi connectivity index (χ3n) is 3.40. The molecule has 0 unspecified atom stereocenters. The van der Waals surface area contributed by atoms with Crippen LogP contribution in [0, 0.1) is 0 Å². The molecule has 2 aliphatic heterocycles. The summed E-state index contributed by atoms with van der Waals surface area (Å²) in [6, 6.07) is 11.1. The van der Waals surface area contributed by atoms with Crippen molar-refractivity contribution < 1.29 is 4.84 Å². The van der Waals surface area contributed by atoms with Crippen LogP contribution in [0.5, 0.6) is 0 Å². The van der Waals surface area contributed by atoms with Gasteiger partial charge in [-0.05, 0) is 24.8 Å². The Morgan fingerprint density at radius 3 is 2.94 bits per heavy atom. The van der Waals surface area contributed by atoms with Crippen molar-refractivity contribution in [1.82, 2.24) is 5.06 Å². The summed E-state index contributed by atoms with van der Waals surface area (Å²) in [5, 5.41) is 2.17. The van der Waals surface area contributed by atoms with E-state index in [9.17, 15) is 0 Å². The average molecular weight is 215 g/mol. The molecule has 2 nitrogen and oxygen atoms in total. The molecule has 1 aromatic carbocycles. The molecular weight excluding hydrogens is 198 g/mol. The Bertz CT molecular complexity index is 362. The lowest BCUT2D eigenvalue weighted by Gasteiger charge is -2.11. The quantitative estimate of drug-likeness (QED) is 0.752. The SMILES string of the molecule is C(=C\[C@@H]1C[C@@H]2CCCN2O1)/c1ccccc1. The van der Waals surface area contributed by atoms with Gasteiger partial charge in [0.2, 0.25) is 0 Å². The van der Waals surface area contributed by atoms with Gasteiger partial charge in [0.1, 0.15) is 0 Å². The summed E-state index contributed by atoms with van der Waals surface area (Å²) in [6.45, 7) is 1.11. The smallest absolute Gasteiger partial charge is 0.0993 e. The van der Waals surface area contributed by atoms with Gasteiger partial charge in [0.05, 0.1) is 6.10 Å². The zero-order valence-corrected chi connectivity index (χ0v) is 9.38. The van der Waals surface area contributed by atoms with Gasteiger partial charge in [-0.2, -0.15) is 5.06 Å². The third kappa shape index (κ3) is 2.04. The molecule has 2 heteroatoms. The number of rotatable bonds is 2. The van der Waals surface area contributed by atoms with E-state index in [0.29, 0.717) is 6.04 Å². The number of nitrogens with zero attached hydrogens (tertiary/aromatic N) is 1. The van der Waals surface area contributed by atoms with Crippen molar-refractivity contribution in [3.8, 4) is 0 Å². The Kier molecular flexibility index (Phi) is 2.77. The predicted molar refractivity (Wildman–Crippen MR) is 64.7 cm³/mol. The van der Waals surface area contributed by atoms with E-state index in [2.05, 4.69) is 41.5 Å². The van der Waals surface area contributed by atoms with Gasteiger partial charge in [-0.3, -0.25) is 4.84 Å². The fraction of sp³-hybridized carbons (Fsp3) is 0.429. The standard InChI is InChI=1S/C14H17NO/c1-2-5-12(6-3-1)8-9-14-11-13-7-4-10-15(13)16-14/h1-3,5-6,8-9,13-14H,4,7,10-11H2/b9-8+/t13-,14+/m0/s1. The number of hydrogen-bond donors (Lipinski definition) is 0. The second kappa shape index (κ2) is 4.40. The molecule has 0 N–H and O–H groups in total. The highest BCUT2D eigenvalue weighted by Crippen LogP contribution is 2.30. The number of fused-ring (bicyclic) bond motifs is 1. The normalized spacial score (nSPS) is 30.0. The molecule has 84 valence electrons. The summed E-state index contributed by atoms with van der Waals surface area (Å²) in [6.07, 6.45) is 8.38.